The summed E-state index contributed by atoms with van der Waals surface area (Å²) in [6.07, 6.45) is 3.31. The highest BCUT2D eigenvalue weighted by Crippen LogP contribution is 2.33. The Kier molecular flexibility index (Phi) is 3.04. The van der Waals surface area contributed by atoms with E-state index in [0.717, 1.165) is 31.4 Å². The lowest BCUT2D eigenvalue weighted by Crippen LogP contribution is -2.34. The van der Waals surface area contributed by atoms with Gasteiger partial charge in [-0.05, 0) is 56.0 Å². The number of ether oxygens (including phenoxy) is 1. The number of benzene rings is 1. The van der Waals surface area contributed by atoms with Crippen molar-refractivity contribution < 1.29 is 9.13 Å². The van der Waals surface area contributed by atoms with Crippen LogP contribution in [0.25, 0.3) is 0 Å². The molecular formula is C14H17FN2O. The van der Waals surface area contributed by atoms with E-state index in [2.05, 4.69) is 4.99 Å². The van der Waals surface area contributed by atoms with Gasteiger partial charge in [0.25, 0.3) is 0 Å². The molecule has 3 nitrogen and oxygen atoms in total. The molecule has 1 aliphatic carbocycles. The van der Waals surface area contributed by atoms with Gasteiger partial charge >= 0.3 is 0 Å². The summed E-state index contributed by atoms with van der Waals surface area (Å²) in [5.74, 6) is 0.967. The molecule has 1 aromatic carbocycles. The van der Waals surface area contributed by atoms with Crippen LogP contribution in [0.4, 0.5) is 4.39 Å². The molecule has 3 unspecified atom stereocenters. The van der Waals surface area contributed by atoms with E-state index >= 15 is 0 Å². The summed E-state index contributed by atoms with van der Waals surface area (Å²) in [6.45, 7) is 0.721. The second-order valence-electron chi connectivity index (χ2n) is 5.08. The zero-order valence-electron chi connectivity index (χ0n) is 10.2. The van der Waals surface area contributed by atoms with Gasteiger partial charge in [0.1, 0.15) is 11.9 Å². The highest BCUT2D eigenvalue weighted by molar-refractivity contribution is 5.95. The summed E-state index contributed by atoms with van der Waals surface area (Å²) in [7, 11) is 0. The Bertz CT molecular complexity index is 457. The third-order valence-electron chi connectivity index (χ3n) is 3.84. The molecule has 0 amide bonds. The van der Waals surface area contributed by atoms with Crippen LogP contribution in [0.1, 0.15) is 24.8 Å². The van der Waals surface area contributed by atoms with Crippen LogP contribution in [0.2, 0.25) is 0 Å². The minimum atomic E-state index is -0.238. The van der Waals surface area contributed by atoms with Crippen LogP contribution < -0.4 is 5.73 Å². The van der Waals surface area contributed by atoms with Gasteiger partial charge < -0.3 is 10.5 Å². The van der Waals surface area contributed by atoms with E-state index in [9.17, 15) is 4.39 Å². The molecule has 0 bridgehead atoms. The number of aliphatic imine (C=N–C) groups is 1. The van der Waals surface area contributed by atoms with Crippen molar-refractivity contribution >= 4 is 5.90 Å². The first kappa shape index (κ1) is 11.7. The van der Waals surface area contributed by atoms with Crippen molar-refractivity contribution in [3.8, 4) is 0 Å². The molecule has 0 spiro atoms. The topological polar surface area (TPSA) is 47.6 Å². The maximum absolute atomic E-state index is 12.9. The molecule has 0 saturated heterocycles. The van der Waals surface area contributed by atoms with Crippen LogP contribution >= 0.6 is 0 Å². The van der Waals surface area contributed by atoms with Gasteiger partial charge in [-0.25, -0.2) is 9.38 Å². The SMILES string of the molecule is NCC1CCC2N=C(c3ccc(F)cc3)OC2C1. The molecule has 0 radical (unpaired) electrons. The summed E-state index contributed by atoms with van der Waals surface area (Å²) >= 11 is 0. The fourth-order valence-electron chi connectivity index (χ4n) is 2.74. The quantitative estimate of drug-likeness (QED) is 0.871. The highest BCUT2D eigenvalue weighted by Gasteiger charge is 2.36. The molecule has 1 fully saturated rings. The molecule has 18 heavy (non-hydrogen) atoms. The largest absolute Gasteiger partial charge is 0.472 e. The Hall–Kier alpha value is -1.42. The van der Waals surface area contributed by atoms with Gasteiger partial charge in [0, 0.05) is 5.56 Å². The van der Waals surface area contributed by atoms with Gasteiger partial charge in [-0.15, -0.1) is 0 Å². The van der Waals surface area contributed by atoms with Crippen molar-refractivity contribution in [2.75, 3.05) is 6.54 Å². The van der Waals surface area contributed by atoms with Gasteiger partial charge in [0.2, 0.25) is 5.90 Å². The van der Waals surface area contributed by atoms with E-state index in [1.165, 1.54) is 12.1 Å². The monoisotopic (exact) mass is 248 g/mol. The van der Waals surface area contributed by atoms with Crippen LogP contribution in [0.5, 0.6) is 0 Å². The van der Waals surface area contributed by atoms with Crippen LogP contribution in [0, 0.1) is 11.7 Å². The summed E-state index contributed by atoms with van der Waals surface area (Å²) in [5, 5.41) is 0. The molecule has 4 heteroatoms. The molecule has 3 atom stereocenters. The summed E-state index contributed by atoms with van der Waals surface area (Å²) < 4.78 is 18.8. The van der Waals surface area contributed by atoms with Crippen molar-refractivity contribution in [2.45, 2.75) is 31.4 Å². The number of nitrogens with two attached hydrogens (primary N) is 1. The van der Waals surface area contributed by atoms with E-state index < -0.39 is 0 Å². The average molecular weight is 248 g/mol. The fourth-order valence-corrected chi connectivity index (χ4v) is 2.74. The normalized spacial score (nSPS) is 30.6. The third kappa shape index (κ3) is 2.12. The average Bonchev–Trinajstić information content (AvgIpc) is 2.82. The zero-order valence-corrected chi connectivity index (χ0v) is 10.2. The summed E-state index contributed by atoms with van der Waals surface area (Å²) in [4.78, 5) is 4.61. The zero-order chi connectivity index (χ0) is 12.5. The minimum Gasteiger partial charge on any atom is -0.472 e. The second-order valence-corrected chi connectivity index (χ2v) is 5.08. The molecule has 2 aliphatic rings. The minimum absolute atomic E-state index is 0.160. The molecule has 0 aromatic heterocycles. The third-order valence-corrected chi connectivity index (χ3v) is 3.84. The maximum Gasteiger partial charge on any atom is 0.216 e. The second kappa shape index (κ2) is 4.69. The fraction of sp³-hybridized carbons (Fsp3) is 0.500. The first-order valence-corrected chi connectivity index (χ1v) is 6.46. The van der Waals surface area contributed by atoms with Crippen LogP contribution in [0.15, 0.2) is 29.3 Å². The lowest BCUT2D eigenvalue weighted by molar-refractivity contribution is 0.123. The Morgan fingerprint density at radius 2 is 2.06 bits per heavy atom. The van der Waals surface area contributed by atoms with Crippen LogP contribution in [-0.2, 0) is 4.74 Å². The predicted octanol–water partition coefficient (Wildman–Crippen LogP) is 2.10. The molecular weight excluding hydrogens is 231 g/mol. The number of hydrogen-bond donors (Lipinski definition) is 1. The molecule has 3 rings (SSSR count). The highest BCUT2D eigenvalue weighted by atomic mass is 19.1. The number of halogens is 1. The van der Waals surface area contributed by atoms with E-state index in [0.29, 0.717) is 11.8 Å². The Labute approximate surface area is 106 Å². The van der Waals surface area contributed by atoms with Crippen molar-refractivity contribution in [1.82, 2.24) is 0 Å². The van der Waals surface area contributed by atoms with Crippen molar-refractivity contribution in [1.29, 1.82) is 0 Å². The van der Waals surface area contributed by atoms with Gasteiger partial charge in [-0.2, -0.15) is 0 Å². The number of fused-ring (bicyclic) bond motifs is 1. The Balaban J connectivity index is 1.75. The predicted molar refractivity (Wildman–Crippen MR) is 68.0 cm³/mol. The van der Waals surface area contributed by atoms with E-state index in [4.69, 9.17) is 10.5 Å². The van der Waals surface area contributed by atoms with Gasteiger partial charge in [0.05, 0.1) is 6.04 Å². The number of rotatable bonds is 2. The van der Waals surface area contributed by atoms with Crippen molar-refractivity contribution in [3.63, 3.8) is 0 Å². The van der Waals surface area contributed by atoms with E-state index in [1.807, 2.05) is 0 Å². The Morgan fingerprint density at radius 3 is 2.78 bits per heavy atom. The molecule has 1 saturated carbocycles. The molecule has 96 valence electrons. The van der Waals surface area contributed by atoms with E-state index in [1.54, 1.807) is 12.1 Å². The van der Waals surface area contributed by atoms with E-state index in [-0.39, 0.29) is 18.0 Å². The van der Waals surface area contributed by atoms with Crippen LogP contribution in [-0.4, -0.2) is 24.6 Å². The lowest BCUT2D eigenvalue weighted by Gasteiger charge is -2.28. The first-order chi connectivity index (χ1) is 8.76. The van der Waals surface area contributed by atoms with Crippen molar-refractivity contribution in [2.24, 2.45) is 16.6 Å². The van der Waals surface area contributed by atoms with Crippen molar-refractivity contribution in [3.05, 3.63) is 35.6 Å². The summed E-state index contributed by atoms with van der Waals surface area (Å²) in [6, 6.07) is 6.56. The number of nitrogens with zero attached hydrogens (tertiary/aromatic N) is 1. The maximum atomic E-state index is 12.9. The standard InChI is InChI=1S/C14H17FN2O/c15-11-4-2-10(3-5-11)14-17-12-6-1-9(8-16)7-13(12)18-14/h2-5,9,12-13H,1,6-8,16H2. The van der Waals surface area contributed by atoms with Gasteiger partial charge in [-0.3, -0.25) is 0 Å². The smallest absolute Gasteiger partial charge is 0.216 e. The lowest BCUT2D eigenvalue weighted by atomic mass is 9.84. The molecule has 1 aromatic rings. The summed E-state index contributed by atoms with van der Waals surface area (Å²) in [5.41, 5.74) is 6.57. The van der Waals surface area contributed by atoms with Crippen LogP contribution in [0.3, 0.4) is 0 Å². The molecule has 2 N–H and O–H groups in total. The molecule has 1 heterocycles. The van der Waals surface area contributed by atoms with Gasteiger partial charge in [0.15, 0.2) is 0 Å². The number of hydrogen-bond acceptors (Lipinski definition) is 3. The molecule has 1 aliphatic heterocycles. The first-order valence-electron chi connectivity index (χ1n) is 6.46. The Morgan fingerprint density at radius 1 is 1.28 bits per heavy atom. The van der Waals surface area contributed by atoms with Gasteiger partial charge in [-0.1, -0.05) is 0 Å².